The van der Waals surface area contributed by atoms with E-state index < -0.39 is 0 Å². The molecule has 1 heterocycles. The number of phenols is 1. The Balaban J connectivity index is 1.51. The minimum absolute atomic E-state index is 0.117. The number of amides is 1. The average molecular weight is 556 g/mol. The fourth-order valence-electron chi connectivity index (χ4n) is 4.28. The van der Waals surface area contributed by atoms with Crippen molar-refractivity contribution in [2.45, 2.75) is 64.5 Å². The monoisotopic (exact) mass is 555 g/mol. The van der Waals surface area contributed by atoms with Crippen LogP contribution in [0.1, 0.15) is 63.8 Å². The number of aromatic nitrogens is 3. The second-order valence-corrected chi connectivity index (χ2v) is 12.8. The van der Waals surface area contributed by atoms with E-state index in [1.54, 1.807) is 6.21 Å². The molecule has 0 spiro atoms. The minimum Gasteiger partial charge on any atom is -0.507 e. The first-order valence-corrected chi connectivity index (χ1v) is 14.2. The van der Waals surface area contributed by atoms with E-state index in [2.05, 4.69) is 62.3 Å². The van der Waals surface area contributed by atoms with Gasteiger partial charge < -0.3 is 5.11 Å². The van der Waals surface area contributed by atoms with Crippen LogP contribution in [0.5, 0.6) is 5.75 Å². The lowest BCUT2D eigenvalue weighted by atomic mass is 9.78. The van der Waals surface area contributed by atoms with Crippen LogP contribution < -0.4 is 5.43 Å². The molecule has 1 aromatic heterocycles. The number of thioether (sulfide) groups is 1. The van der Waals surface area contributed by atoms with Crippen LogP contribution in [0.4, 0.5) is 0 Å². The Kier molecular flexibility index (Phi) is 8.49. The highest BCUT2D eigenvalue weighted by molar-refractivity contribution is 7.99. The van der Waals surface area contributed by atoms with Crippen molar-refractivity contribution < 1.29 is 9.90 Å². The van der Waals surface area contributed by atoms with Gasteiger partial charge >= 0.3 is 0 Å². The number of hydrogen-bond acceptors (Lipinski definition) is 6. The summed E-state index contributed by atoms with van der Waals surface area (Å²) in [5.74, 6) is 0.880. The molecule has 0 fully saturated rings. The van der Waals surface area contributed by atoms with Crippen molar-refractivity contribution in [1.29, 1.82) is 0 Å². The lowest BCUT2D eigenvalue weighted by Crippen LogP contribution is -2.20. The summed E-state index contributed by atoms with van der Waals surface area (Å²) in [7, 11) is 0. The maximum Gasteiger partial charge on any atom is 0.250 e. The van der Waals surface area contributed by atoms with E-state index in [9.17, 15) is 9.90 Å². The van der Waals surface area contributed by atoms with E-state index in [0.29, 0.717) is 16.7 Å². The van der Waals surface area contributed by atoms with Crippen LogP contribution in [0.2, 0.25) is 0 Å². The summed E-state index contributed by atoms with van der Waals surface area (Å²) in [6.45, 7) is 14.4. The number of nitrogens with one attached hydrogen (secondary N) is 1. The van der Waals surface area contributed by atoms with Crippen molar-refractivity contribution in [2.24, 2.45) is 5.10 Å². The number of benzene rings is 3. The zero-order chi connectivity index (χ0) is 29.1. The third-order valence-electron chi connectivity index (χ3n) is 6.44. The molecule has 4 aromatic rings. The zero-order valence-corrected chi connectivity index (χ0v) is 25.0. The zero-order valence-electron chi connectivity index (χ0n) is 24.2. The molecule has 0 aliphatic rings. The predicted molar refractivity (Wildman–Crippen MR) is 163 cm³/mol. The highest BCUT2D eigenvalue weighted by atomic mass is 32.2. The van der Waals surface area contributed by atoms with Gasteiger partial charge in [-0.15, -0.1) is 10.2 Å². The number of hydrogen-bond donors (Lipinski definition) is 2. The van der Waals surface area contributed by atoms with Crippen LogP contribution in [0.15, 0.2) is 77.0 Å². The van der Waals surface area contributed by atoms with Crippen molar-refractivity contribution in [3.63, 3.8) is 0 Å². The molecule has 0 radical (unpaired) electrons. The summed E-state index contributed by atoms with van der Waals surface area (Å²) in [4.78, 5) is 12.7. The molecule has 2 N–H and O–H groups in total. The molecule has 0 aliphatic carbocycles. The topological polar surface area (TPSA) is 92.4 Å². The van der Waals surface area contributed by atoms with E-state index in [1.807, 2.05) is 78.2 Å². The number of rotatable bonds is 7. The maximum atomic E-state index is 12.7. The summed E-state index contributed by atoms with van der Waals surface area (Å²) in [6, 6.07) is 21.8. The Hall–Kier alpha value is -3.91. The van der Waals surface area contributed by atoms with Gasteiger partial charge in [0.25, 0.3) is 5.91 Å². The van der Waals surface area contributed by atoms with Gasteiger partial charge in [0.1, 0.15) is 5.75 Å². The molecule has 0 aliphatic heterocycles. The quantitative estimate of drug-likeness (QED) is 0.149. The molecule has 0 saturated carbocycles. The number of carbonyl (C=O) groups excluding carboxylic acids is 1. The van der Waals surface area contributed by atoms with E-state index in [-0.39, 0.29) is 22.5 Å². The highest BCUT2D eigenvalue weighted by Crippen LogP contribution is 2.39. The van der Waals surface area contributed by atoms with Crippen LogP contribution in [-0.2, 0) is 15.6 Å². The molecule has 0 atom stereocenters. The molecule has 8 heteroatoms. The van der Waals surface area contributed by atoms with Gasteiger partial charge in [-0.25, -0.2) is 5.43 Å². The highest BCUT2D eigenvalue weighted by Gasteiger charge is 2.26. The normalized spacial score (nSPS) is 12.2. The molecule has 7 nitrogen and oxygen atoms in total. The predicted octanol–water partition coefficient (Wildman–Crippen LogP) is 6.79. The molecule has 0 unspecified atom stereocenters. The Morgan fingerprint density at radius 2 is 1.55 bits per heavy atom. The molecule has 0 saturated heterocycles. The second-order valence-electron chi connectivity index (χ2n) is 11.9. The van der Waals surface area contributed by atoms with Crippen molar-refractivity contribution in [3.05, 3.63) is 89.0 Å². The summed E-state index contributed by atoms with van der Waals surface area (Å²) in [5, 5.41) is 24.6. The van der Waals surface area contributed by atoms with E-state index in [0.717, 1.165) is 33.5 Å². The molecular weight excluding hydrogens is 518 g/mol. The minimum atomic E-state index is -0.258. The van der Waals surface area contributed by atoms with Crippen LogP contribution >= 0.6 is 11.8 Å². The number of carbonyl (C=O) groups is 1. The maximum absolute atomic E-state index is 12.7. The lowest BCUT2D eigenvalue weighted by Gasteiger charge is -2.27. The van der Waals surface area contributed by atoms with Gasteiger partial charge in [-0.1, -0.05) is 101 Å². The van der Waals surface area contributed by atoms with Crippen LogP contribution in [-0.4, -0.2) is 37.7 Å². The largest absolute Gasteiger partial charge is 0.507 e. The fourth-order valence-corrected chi connectivity index (χ4v) is 5.02. The van der Waals surface area contributed by atoms with Gasteiger partial charge in [0.05, 0.1) is 12.0 Å². The van der Waals surface area contributed by atoms with Crippen molar-refractivity contribution in [2.75, 3.05) is 5.75 Å². The van der Waals surface area contributed by atoms with Gasteiger partial charge in [-0.2, -0.15) is 5.10 Å². The number of hydrazone groups is 1. The molecule has 208 valence electrons. The first-order chi connectivity index (χ1) is 18.8. The molecule has 40 heavy (non-hydrogen) atoms. The first-order valence-electron chi connectivity index (χ1n) is 13.2. The van der Waals surface area contributed by atoms with Crippen molar-refractivity contribution in [3.8, 4) is 22.8 Å². The van der Waals surface area contributed by atoms with Gasteiger partial charge in [0.2, 0.25) is 0 Å². The van der Waals surface area contributed by atoms with Gasteiger partial charge in [-0.05, 0) is 47.6 Å². The SMILES string of the molecule is Cc1ccc(-n2c(SCC(=O)N/N=C/c3cc(C(C)(C)C)c(O)c(C(C)(C)C)c3)nnc2-c2ccccc2)cc1. The number of nitrogens with zero attached hydrogens (tertiary/aromatic N) is 4. The van der Waals surface area contributed by atoms with E-state index >= 15 is 0 Å². The molecule has 1 amide bonds. The number of aromatic hydroxyl groups is 1. The van der Waals surface area contributed by atoms with Gasteiger partial charge in [-0.3, -0.25) is 9.36 Å². The standard InChI is InChI=1S/C32H37N5O2S/c1-21-13-15-24(16-14-21)37-29(23-11-9-8-10-12-23)35-36-30(37)40-20-27(38)34-33-19-22-17-25(31(2,3)4)28(39)26(18-22)32(5,6)7/h8-19,39H,20H2,1-7H3,(H,34,38)/b33-19+. The molecule has 4 rings (SSSR count). The third-order valence-corrected chi connectivity index (χ3v) is 7.37. The Morgan fingerprint density at radius 1 is 0.950 bits per heavy atom. The van der Waals surface area contributed by atoms with Crippen molar-refractivity contribution in [1.82, 2.24) is 20.2 Å². The average Bonchev–Trinajstić information content (AvgIpc) is 3.32. The summed E-state index contributed by atoms with van der Waals surface area (Å²) in [5.41, 5.74) is 7.64. The van der Waals surface area contributed by atoms with E-state index in [4.69, 9.17) is 0 Å². The number of aryl methyl sites for hydroxylation is 1. The van der Waals surface area contributed by atoms with Crippen LogP contribution in [0.3, 0.4) is 0 Å². The van der Waals surface area contributed by atoms with Gasteiger partial charge in [0, 0.05) is 22.4 Å². The fraction of sp³-hybridized carbons (Fsp3) is 0.312. The Morgan fingerprint density at radius 3 is 2.12 bits per heavy atom. The second kappa shape index (κ2) is 11.7. The molecule has 3 aromatic carbocycles. The van der Waals surface area contributed by atoms with Crippen molar-refractivity contribution >= 4 is 23.9 Å². The Bertz CT molecular complexity index is 1480. The summed E-state index contributed by atoms with van der Waals surface area (Å²) >= 11 is 1.30. The summed E-state index contributed by atoms with van der Waals surface area (Å²) < 4.78 is 1.97. The molecular formula is C32H37N5O2S. The third kappa shape index (κ3) is 6.80. The smallest absolute Gasteiger partial charge is 0.250 e. The summed E-state index contributed by atoms with van der Waals surface area (Å²) in [6.07, 6.45) is 1.62. The van der Waals surface area contributed by atoms with E-state index in [1.165, 1.54) is 11.8 Å². The number of phenolic OH excluding ortho intramolecular Hbond substituents is 1. The first kappa shape index (κ1) is 29.1. The van der Waals surface area contributed by atoms with Gasteiger partial charge in [0.15, 0.2) is 11.0 Å². The molecule has 0 bridgehead atoms. The lowest BCUT2D eigenvalue weighted by molar-refractivity contribution is -0.118. The Labute approximate surface area is 240 Å². The van der Waals surface area contributed by atoms with Crippen LogP contribution in [0.25, 0.3) is 17.1 Å². The van der Waals surface area contributed by atoms with Crippen LogP contribution in [0, 0.1) is 6.92 Å².